The number of hydrogen-bond donors (Lipinski definition) is 1. The molecule has 0 radical (unpaired) electrons. The number of rotatable bonds is 4. The summed E-state index contributed by atoms with van der Waals surface area (Å²) in [6.45, 7) is 0.549. The molecule has 0 spiro atoms. The minimum absolute atomic E-state index is 0.0163. The highest BCUT2D eigenvalue weighted by Gasteiger charge is 2.50. The standard InChI is InChI=1S/C25H29NO3/c1-29-22-13-6-5-11-20(22)24-21-12-7-8-16-25(21,28)17-18-26(24)23(27)15-14-19-9-3-2-4-10-19/h2-6,9-11,13-15,21,24,28H,7-8,12,16-18H2,1H3/b15-14+/t21-,24+,25+/m1/s1. The third kappa shape index (κ3) is 3.95. The van der Waals surface area contributed by atoms with Gasteiger partial charge in [-0.05, 0) is 37.0 Å². The number of benzene rings is 2. The van der Waals surface area contributed by atoms with Gasteiger partial charge < -0.3 is 14.7 Å². The van der Waals surface area contributed by atoms with Crippen LogP contribution in [0.3, 0.4) is 0 Å². The van der Waals surface area contributed by atoms with Crippen LogP contribution in [0.25, 0.3) is 6.08 Å². The molecular formula is C25H29NO3. The molecule has 2 fully saturated rings. The summed E-state index contributed by atoms with van der Waals surface area (Å²) in [6.07, 6.45) is 8.02. The summed E-state index contributed by atoms with van der Waals surface area (Å²) < 4.78 is 5.63. The number of aliphatic hydroxyl groups is 1. The summed E-state index contributed by atoms with van der Waals surface area (Å²) >= 11 is 0. The number of hydrogen-bond acceptors (Lipinski definition) is 3. The van der Waals surface area contributed by atoms with Crippen LogP contribution in [0, 0.1) is 5.92 Å². The zero-order valence-corrected chi connectivity index (χ0v) is 17.0. The molecule has 1 aliphatic heterocycles. The van der Waals surface area contributed by atoms with Crippen molar-refractivity contribution < 1.29 is 14.6 Å². The van der Waals surface area contributed by atoms with E-state index in [9.17, 15) is 9.90 Å². The molecule has 1 N–H and O–H groups in total. The van der Waals surface area contributed by atoms with E-state index in [0.717, 1.165) is 42.6 Å². The van der Waals surface area contributed by atoms with Crippen molar-refractivity contribution in [1.29, 1.82) is 0 Å². The lowest BCUT2D eigenvalue weighted by molar-refractivity contribution is -0.151. The van der Waals surface area contributed by atoms with Crippen LogP contribution in [-0.2, 0) is 4.79 Å². The van der Waals surface area contributed by atoms with Crippen LogP contribution >= 0.6 is 0 Å². The fourth-order valence-electron chi connectivity index (χ4n) is 5.05. The van der Waals surface area contributed by atoms with Gasteiger partial charge in [-0.3, -0.25) is 4.79 Å². The van der Waals surface area contributed by atoms with Crippen molar-refractivity contribution in [3.8, 4) is 5.75 Å². The first-order valence-corrected chi connectivity index (χ1v) is 10.5. The molecule has 2 aromatic rings. The molecule has 0 bridgehead atoms. The molecule has 1 amide bonds. The molecule has 1 saturated heterocycles. The van der Waals surface area contributed by atoms with E-state index < -0.39 is 5.60 Å². The van der Waals surface area contributed by atoms with Gasteiger partial charge in [0.05, 0.1) is 18.8 Å². The van der Waals surface area contributed by atoms with Crippen LogP contribution in [0.1, 0.15) is 49.3 Å². The molecular weight excluding hydrogens is 362 g/mol. The lowest BCUT2D eigenvalue weighted by Crippen LogP contribution is -2.56. The first kappa shape index (κ1) is 19.7. The largest absolute Gasteiger partial charge is 0.496 e. The zero-order chi connectivity index (χ0) is 20.3. The molecule has 2 aromatic carbocycles. The number of fused-ring (bicyclic) bond motifs is 1. The van der Waals surface area contributed by atoms with Gasteiger partial charge in [0.2, 0.25) is 5.91 Å². The molecule has 2 aliphatic rings. The van der Waals surface area contributed by atoms with Gasteiger partial charge in [-0.25, -0.2) is 0 Å². The Labute approximate surface area is 172 Å². The molecule has 0 unspecified atom stereocenters. The van der Waals surface area contributed by atoms with Crippen LogP contribution in [0.2, 0.25) is 0 Å². The molecule has 4 nitrogen and oxygen atoms in total. The van der Waals surface area contributed by atoms with Gasteiger partial charge in [-0.15, -0.1) is 0 Å². The topological polar surface area (TPSA) is 49.8 Å². The van der Waals surface area contributed by atoms with E-state index in [0.29, 0.717) is 13.0 Å². The summed E-state index contributed by atoms with van der Waals surface area (Å²) in [7, 11) is 1.66. The van der Waals surface area contributed by atoms with E-state index in [1.165, 1.54) is 0 Å². The Balaban J connectivity index is 1.69. The Morgan fingerprint density at radius 2 is 1.86 bits per heavy atom. The molecule has 3 atom stereocenters. The van der Waals surface area contributed by atoms with Crippen molar-refractivity contribution in [2.24, 2.45) is 5.92 Å². The normalized spacial score (nSPS) is 26.9. The van der Waals surface area contributed by atoms with Crippen molar-refractivity contribution in [3.63, 3.8) is 0 Å². The Kier molecular flexibility index (Phi) is 5.72. The van der Waals surface area contributed by atoms with Crippen LogP contribution in [-0.4, -0.2) is 35.2 Å². The van der Waals surface area contributed by atoms with Crippen LogP contribution in [0.15, 0.2) is 60.7 Å². The molecule has 152 valence electrons. The smallest absolute Gasteiger partial charge is 0.247 e. The Morgan fingerprint density at radius 1 is 1.10 bits per heavy atom. The van der Waals surface area contributed by atoms with E-state index in [1.54, 1.807) is 13.2 Å². The lowest BCUT2D eigenvalue weighted by atomic mass is 9.66. The lowest BCUT2D eigenvalue weighted by Gasteiger charge is -2.52. The van der Waals surface area contributed by atoms with Crippen molar-refractivity contribution in [3.05, 3.63) is 71.8 Å². The fourth-order valence-corrected chi connectivity index (χ4v) is 5.05. The van der Waals surface area contributed by atoms with E-state index >= 15 is 0 Å². The Morgan fingerprint density at radius 3 is 2.66 bits per heavy atom. The van der Waals surface area contributed by atoms with Gasteiger partial charge in [-0.2, -0.15) is 0 Å². The predicted molar refractivity (Wildman–Crippen MR) is 114 cm³/mol. The number of carbonyl (C=O) groups is 1. The fraction of sp³-hybridized carbons (Fsp3) is 0.400. The number of nitrogens with zero attached hydrogens (tertiary/aromatic N) is 1. The molecule has 1 saturated carbocycles. The van der Waals surface area contributed by atoms with Gasteiger partial charge in [0.1, 0.15) is 5.75 Å². The van der Waals surface area contributed by atoms with Gasteiger partial charge in [0.25, 0.3) is 0 Å². The van der Waals surface area contributed by atoms with Crippen molar-refractivity contribution in [2.45, 2.75) is 43.7 Å². The second-order valence-electron chi connectivity index (χ2n) is 8.17. The molecule has 1 aliphatic carbocycles. The molecule has 4 heteroatoms. The number of likely N-dealkylation sites (tertiary alicyclic amines) is 1. The highest BCUT2D eigenvalue weighted by Crippen LogP contribution is 2.50. The van der Waals surface area contributed by atoms with E-state index in [1.807, 2.05) is 65.6 Å². The quantitative estimate of drug-likeness (QED) is 0.775. The second kappa shape index (κ2) is 8.42. The number of amides is 1. The van der Waals surface area contributed by atoms with Gasteiger partial charge in [0, 0.05) is 24.1 Å². The van der Waals surface area contributed by atoms with E-state index in [2.05, 4.69) is 0 Å². The summed E-state index contributed by atoms with van der Waals surface area (Å²) in [5.74, 6) is 0.782. The first-order chi connectivity index (χ1) is 14.1. The maximum Gasteiger partial charge on any atom is 0.247 e. The van der Waals surface area contributed by atoms with E-state index in [4.69, 9.17) is 4.74 Å². The first-order valence-electron chi connectivity index (χ1n) is 10.5. The zero-order valence-electron chi connectivity index (χ0n) is 17.0. The van der Waals surface area contributed by atoms with Crippen LogP contribution in [0.4, 0.5) is 0 Å². The average Bonchev–Trinajstić information content (AvgIpc) is 2.77. The monoisotopic (exact) mass is 391 g/mol. The maximum absolute atomic E-state index is 13.3. The summed E-state index contributed by atoms with van der Waals surface area (Å²) in [5, 5.41) is 11.4. The summed E-state index contributed by atoms with van der Waals surface area (Å²) in [4.78, 5) is 15.2. The van der Waals surface area contributed by atoms with Gasteiger partial charge >= 0.3 is 0 Å². The minimum Gasteiger partial charge on any atom is -0.496 e. The van der Waals surface area contributed by atoms with Crippen LogP contribution in [0.5, 0.6) is 5.75 Å². The average molecular weight is 392 g/mol. The Bertz CT molecular complexity index is 879. The number of para-hydroxylation sites is 1. The molecule has 0 aromatic heterocycles. The third-order valence-corrected chi connectivity index (χ3v) is 6.53. The van der Waals surface area contributed by atoms with Crippen molar-refractivity contribution >= 4 is 12.0 Å². The SMILES string of the molecule is COc1ccccc1[C@H]1[C@H]2CCCC[C@]2(O)CCN1C(=O)/C=C/c1ccccc1. The molecule has 4 rings (SSSR count). The number of piperidine rings is 1. The van der Waals surface area contributed by atoms with Gasteiger partial charge in [-0.1, -0.05) is 61.4 Å². The molecule has 1 heterocycles. The van der Waals surface area contributed by atoms with Gasteiger partial charge in [0.15, 0.2) is 0 Å². The number of methoxy groups -OCH3 is 1. The predicted octanol–water partition coefficient (Wildman–Crippen LogP) is 4.60. The molecule has 29 heavy (non-hydrogen) atoms. The second-order valence-corrected chi connectivity index (χ2v) is 8.17. The van der Waals surface area contributed by atoms with Crippen molar-refractivity contribution in [1.82, 2.24) is 4.90 Å². The number of carbonyl (C=O) groups excluding carboxylic acids is 1. The van der Waals surface area contributed by atoms with Crippen LogP contribution < -0.4 is 4.74 Å². The Hall–Kier alpha value is -2.59. The summed E-state index contributed by atoms with van der Waals surface area (Å²) in [6, 6.07) is 17.6. The summed E-state index contributed by atoms with van der Waals surface area (Å²) in [5.41, 5.74) is 1.28. The third-order valence-electron chi connectivity index (χ3n) is 6.53. The maximum atomic E-state index is 13.3. The number of ether oxygens (including phenoxy) is 1. The highest BCUT2D eigenvalue weighted by atomic mass is 16.5. The highest BCUT2D eigenvalue weighted by molar-refractivity contribution is 5.92. The van der Waals surface area contributed by atoms with E-state index in [-0.39, 0.29) is 17.9 Å². The van der Waals surface area contributed by atoms with Crippen molar-refractivity contribution in [2.75, 3.05) is 13.7 Å². The minimum atomic E-state index is -0.705.